The van der Waals surface area contributed by atoms with E-state index in [0.29, 0.717) is 13.0 Å². The standard InChI is InChI=1S/C13H21N5O3/c1-17-9-15-16-11(17)6-7-14-13(21)18(8-12(19)20)10-4-2-3-5-10/h9-10H,2-8H2,1H3,(H,14,21)(H,19,20). The number of carboxylic acid groups (broad SMARTS) is 1. The van der Waals surface area contributed by atoms with Gasteiger partial charge in [0.15, 0.2) is 0 Å². The van der Waals surface area contributed by atoms with Crippen molar-refractivity contribution in [2.75, 3.05) is 13.1 Å². The Morgan fingerprint density at radius 1 is 1.48 bits per heavy atom. The molecule has 0 spiro atoms. The second-order valence-electron chi connectivity index (χ2n) is 5.30. The molecule has 1 fully saturated rings. The Hall–Kier alpha value is -2.12. The Morgan fingerprint density at radius 2 is 2.19 bits per heavy atom. The first-order chi connectivity index (χ1) is 10.1. The molecule has 0 bridgehead atoms. The van der Waals surface area contributed by atoms with Crippen LogP contribution in [-0.2, 0) is 18.3 Å². The lowest BCUT2D eigenvalue weighted by Gasteiger charge is -2.27. The second kappa shape index (κ2) is 7.05. The molecule has 8 nitrogen and oxygen atoms in total. The highest BCUT2D eigenvalue weighted by molar-refractivity contribution is 5.80. The summed E-state index contributed by atoms with van der Waals surface area (Å²) in [5, 5.41) is 19.4. The lowest BCUT2D eigenvalue weighted by Crippen LogP contribution is -2.48. The molecule has 1 aliphatic rings. The van der Waals surface area contributed by atoms with Crippen LogP contribution in [0.25, 0.3) is 0 Å². The van der Waals surface area contributed by atoms with Crippen molar-refractivity contribution in [3.63, 3.8) is 0 Å². The Kier molecular flexibility index (Phi) is 5.13. The molecule has 0 atom stereocenters. The molecule has 1 aromatic rings. The summed E-state index contributed by atoms with van der Waals surface area (Å²) in [5.41, 5.74) is 0. The van der Waals surface area contributed by atoms with Gasteiger partial charge in [0.1, 0.15) is 18.7 Å². The van der Waals surface area contributed by atoms with Crippen LogP contribution in [0.1, 0.15) is 31.5 Å². The molecule has 2 amide bonds. The van der Waals surface area contributed by atoms with Crippen LogP contribution in [0.2, 0.25) is 0 Å². The monoisotopic (exact) mass is 295 g/mol. The van der Waals surface area contributed by atoms with Crippen molar-refractivity contribution in [3.05, 3.63) is 12.2 Å². The zero-order valence-corrected chi connectivity index (χ0v) is 12.2. The molecule has 2 rings (SSSR count). The minimum absolute atomic E-state index is 0.0379. The van der Waals surface area contributed by atoms with E-state index in [-0.39, 0.29) is 18.6 Å². The molecule has 0 saturated heterocycles. The molecular weight excluding hydrogens is 274 g/mol. The van der Waals surface area contributed by atoms with Crippen LogP contribution >= 0.6 is 0 Å². The lowest BCUT2D eigenvalue weighted by atomic mass is 10.2. The Morgan fingerprint density at radius 3 is 2.76 bits per heavy atom. The van der Waals surface area contributed by atoms with Crippen LogP contribution in [0.4, 0.5) is 4.79 Å². The van der Waals surface area contributed by atoms with E-state index in [4.69, 9.17) is 5.11 Å². The van der Waals surface area contributed by atoms with E-state index in [1.54, 1.807) is 10.9 Å². The van der Waals surface area contributed by atoms with Crippen molar-refractivity contribution in [3.8, 4) is 0 Å². The molecule has 1 aliphatic carbocycles. The lowest BCUT2D eigenvalue weighted by molar-refractivity contribution is -0.138. The van der Waals surface area contributed by atoms with Crippen LogP contribution in [0.5, 0.6) is 0 Å². The summed E-state index contributed by atoms with van der Waals surface area (Å²) in [5.74, 6) is -0.202. The maximum absolute atomic E-state index is 12.2. The summed E-state index contributed by atoms with van der Waals surface area (Å²) < 4.78 is 1.79. The highest BCUT2D eigenvalue weighted by atomic mass is 16.4. The summed E-state index contributed by atoms with van der Waals surface area (Å²) in [6.45, 7) is 0.161. The van der Waals surface area contributed by atoms with Gasteiger partial charge in [-0.05, 0) is 12.8 Å². The summed E-state index contributed by atoms with van der Waals surface area (Å²) in [4.78, 5) is 24.6. The predicted octanol–water partition coefficient (Wildman–Crippen LogP) is 0.396. The molecule has 1 aromatic heterocycles. The van der Waals surface area contributed by atoms with Crippen molar-refractivity contribution in [2.45, 2.75) is 38.1 Å². The predicted molar refractivity (Wildman–Crippen MR) is 74.7 cm³/mol. The van der Waals surface area contributed by atoms with Crippen molar-refractivity contribution in [1.82, 2.24) is 25.0 Å². The quantitative estimate of drug-likeness (QED) is 0.791. The normalized spacial score (nSPS) is 15.1. The molecular formula is C13H21N5O3. The number of aryl methyl sites for hydroxylation is 1. The topological polar surface area (TPSA) is 100 Å². The van der Waals surface area contributed by atoms with E-state index >= 15 is 0 Å². The van der Waals surface area contributed by atoms with Crippen molar-refractivity contribution in [2.24, 2.45) is 7.05 Å². The maximum Gasteiger partial charge on any atom is 0.323 e. The average Bonchev–Trinajstić information content (AvgIpc) is 3.08. The number of rotatable bonds is 6. The number of aliphatic carboxylic acids is 1. The van der Waals surface area contributed by atoms with Crippen LogP contribution < -0.4 is 5.32 Å². The Balaban J connectivity index is 1.85. The molecule has 1 heterocycles. The van der Waals surface area contributed by atoms with Gasteiger partial charge >= 0.3 is 12.0 Å². The number of hydrogen-bond acceptors (Lipinski definition) is 4. The van der Waals surface area contributed by atoms with Crippen molar-refractivity contribution < 1.29 is 14.7 Å². The molecule has 2 N–H and O–H groups in total. The molecule has 116 valence electrons. The van der Waals surface area contributed by atoms with Crippen LogP contribution in [0.3, 0.4) is 0 Å². The third kappa shape index (κ3) is 4.17. The van der Waals surface area contributed by atoms with Gasteiger partial charge in [0.2, 0.25) is 0 Å². The van der Waals surface area contributed by atoms with Crippen molar-refractivity contribution in [1.29, 1.82) is 0 Å². The van der Waals surface area contributed by atoms with Gasteiger partial charge < -0.3 is 19.9 Å². The Bertz CT molecular complexity index is 496. The maximum atomic E-state index is 12.2. The summed E-state index contributed by atoms with van der Waals surface area (Å²) in [7, 11) is 1.84. The molecule has 8 heteroatoms. The highest BCUT2D eigenvalue weighted by Gasteiger charge is 2.28. The number of nitrogens with zero attached hydrogens (tertiary/aromatic N) is 4. The number of nitrogens with one attached hydrogen (secondary N) is 1. The molecule has 1 saturated carbocycles. The molecule has 0 aliphatic heterocycles. The zero-order valence-electron chi connectivity index (χ0n) is 12.2. The number of carbonyl (C=O) groups is 2. The number of aromatic nitrogens is 3. The third-order valence-corrected chi connectivity index (χ3v) is 3.76. The molecule has 0 unspecified atom stereocenters. The first-order valence-corrected chi connectivity index (χ1v) is 7.17. The number of carboxylic acids is 1. The first-order valence-electron chi connectivity index (χ1n) is 7.17. The van der Waals surface area contributed by atoms with E-state index in [1.165, 1.54) is 4.90 Å². The van der Waals surface area contributed by atoms with E-state index in [1.807, 2.05) is 7.05 Å². The van der Waals surface area contributed by atoms with E-state index in [0.717, 1.165) is 31.5 Å². The zero-order chi connectivity index (χ0) is 15.2. The number of amides is 2. The smallest absolute Gasteiger partial charge is 0.323 e. The summed E-state index contributed by atoms with van der Waals surface area (Å²) in [6, 6.07) is -0.276. The molecule has 21 heavy (non-hydrogen) atoms. The molecule has 0 radical (unpaired) electrons. The fourth-order valence-electron chi connectivity index (χ4n) is 2.64. The number of urea groups is 1. The van der Waals surface area contributed by atoms with Gasteiger partial charge in [0, 0.05) is 26.1 Å². The Labute approximate surface area is 123 Å². The number of hydrogen-bond donors (Lipinski definition) is 2. The van der Waals surface area contributed by atoms with Crippen LogP contribution in [-0.4, -0.2) is 55.9 Å². The van der Waals surface area contributed by atoms with Gasteiger partial charge in [-0.15, -0.1) is 10.2 Å². The summed E-state index contributed by atoms with van der Waals surface area (Å²) in [6.07, 6.45) is 6.02. The van der Waals surface area contributed by atoms with Gasteiger partial charge in [-0.3, -0.25) is 4.79 Å². The molecule has 0 aromatic carbocycles. The van der Waals surface area contributed by atoms with Gasteiger partial charge in [0.25, 0.3) is 0 Å². The minimum Gasteiger partial charge on any atom is -0.480 e. The van der Waals surface area contributed by atoms with Crippen molar-refractivity contribution >= 4 is 12.0 Å². The van der Waals surface area contributed by atoms with Gasteiger partial charge in [0.05, 0.1) is 0 Å². The van der Waals surface area contributed by atoms with Gasteiger partial charge in [-0.1, -0.05) is 12.8 Å². The van der Waals surface area contributed by atoms with E-state index in [9.17, 15) is 9.59 Å². The van der Waals surface area contributed by atoms with E-state index in [2.05, 4.69) is 15.5 Å². The number of carbonyl (C=O) groups excluding carboxylic acids is 1. The van der Waals surface area contributed by atoms with Crippen LogP contribution in [0.15, 0.2) is 6.33 Å². The average molecular weight is 295 g/mol. The fraction of sp³-hybridized carbons (Fsp3) is 0.692. The largest absolute Gasteiger partial charge is 0.480 e. The minimum atomic E-state index is -0.981. The van der Waals surface area contributed by atoms with Gasteiger partial charge in [-0.2, -0.15) is 0 Å². The SMILES string of the molecule is Cn1cnnc1CCNC(=O)N(CC(=O)O)C1CCCC1. The van der Waals surface area contributed by atoms with E-state index < -0.39 is 5.97 Å². The highest BCUT2D eigenvalue weighted by Crippen LogP contribution is 2.23. The summed E-state index contributed by atoms with van der Waals surface area (Å²) >= 11 is 0. The van der Waals surface area contributed by atoms with Gasteiger partial charge in [-0.25, -0.2) is 4.79 Å². The first kappa shape index (κ1) is 15.3. The second-order valence-corrected chi connectivity index (χ2v) is 5.30. The fourth-order valence-corrected chi connectivity index (χ4v) is 2.64. The third-order valence-electron chi connectivity index (χ3n) is 3.76. The van der Waals surface area contributed by atoms with Crippen LogP contribution in [0, 0.1) is 0 Å².